The van der Waals surface area contributed by atoms with Gasteiger partial charge in [0.2, 0.25) is 5.91 Å². The molecular formula is C23H30N2O2S. The number of thioether (sulfide) groups is 1. The lowest BCUT2D eigenvalue weighted by Crippen LogP contribution is -2.27. The molecule has 0 fully saturated rings. The second kappa shape index (κ2) is 10.3. The standard InChI is InChI=1S/C23H30N2O2S/c1-5-6-14-24-21(26)18-11-9-10-17(15-18)16-28-20-13-8-7-12-19(20)25-22(27)23(2,3)4/h7-13,15H,5-6,14,16H2,1-4H3,(H,24,26)(H,25,27). The van der Waals surface area contributed by atoms with Crippen LogP contribution in [0.4, 0.5) is 5.69 Å². The molecule has 0 radical (unpaired) electrons. The van der Waals surface area contributed by atoms with E-state index in [0.717, 1.165) is 34.7 Å². The van der Waals surface area contributed by atoms with Crippen molar-refractivity contribution < 1.29 is 9.59 Å². The van der Waals surface area contributed by atoms with Crippen molar-refractivity contribution in [3.63, 3.8) is 0 Å². The van der Waals surface area contributed by atoms with Gasteiger partial charge in [-0.2, -0.15) is 0 Å². The van der Waals surface area contributed by atoms with Crippen LogP contribution in [0.25, 0.3) is 0 Å². The van der Waals surface area contributed by atoms with Crippen molar-refractivity contribution in [2.45, 2.75) is 51.2 Å². The number of unbranched alkanes of at least 4 members (excludes halogenated alkanes) is 1. The minimum Gasteiger partial charge on any atom is -0.352 e. The Labute approximate surface area is 172 Å². The van der Waals surface area contributed by atoms with Gasteiger partial charge in [-0.1, -0.05) is 58.4 Å². The number of carbonyl (C=O) groups excluding carboxylic acids is 2. The minimum atomic E-state index is -0.447. The fourth-order valence-corrected chi connectivity index (χ4v) is 3.40. The molecule has 2 N–H and O–H groups in total. The smallest absolute Gasteiger partial charge is 0.251 e. The zero-order valence-electron chi connectivity index (χ0n) is 17.2. The van der Waals surface area contributed by atoms with Gasteiger partial charge in [-0.15, -0.1) is 11.8 Å². The highest BCUT2D eigenvalue weighted by molar-refractivity contribution is 7.98. The zero-order valence-corrected chi connectivity index (χ0v) is 18.0. The first-order valence-corrected chi connectivity index (χ1v) is 10.7. The van der Waals surface area contributed by atoms with Crippen molar-refractivity contribution in [3.05, 3.63) is 59.7 Å². The van der Waals surface area contributed by atoms with E-state index in [0.29, 0.717) is 12.1 Å². The van der Waals surface area contributed by atoms with Gasteiger partial charge in [0, 0.05) is 28.2 Å². The molecule has 0 heterocycles. The summed E-state index contributed by atoms with van der Waals surface area (Å²) in [4.78, 5) is 25.6. The summed E-state index contributed by atoms with van der Waals surface area (Å²) in [5, 5.41) is 5.97. The van der Waals surface area contributed by atoms with E-state index in [9.17, 15) is 9.59 Å². The van der Waals surface area contributed by atoms with Crippen LogP contribution in [0, 0.1) is 5.41 Å². The van der Waals surface area contributed by atoms with Crippen LogP contribution in [0.3, 0.4) is 0 Å². The Morgan fingerprint density at radius 1 is 1.04 bits per heavy atom. The maximum absolute atomic E-state index is 12.3. The van der Waals surface area contributed by atoms with Gasteiger partial charge in [0.05, 0.1) is 5.69 Å². The van der Waals surface area contributed by atoms with Gasteiger partial charge >= 0.3 is 0 Å². The number of para-hydroxylation sites is 1. The number of rotatable bonds is 8. The number of hydrogen-bond acceptors (Lipinski definition) is 3. The second-order valence-corrected chi connectivity index (χ2v) is 8.82. The van der Waals surface area contributed by atoms with Crippen LogP contribution < -0.4 is 10.6 Å². The molecule has 0 aliphatic rings. The van der Waals surface area contributed by atoms with Crippen LogP contribution in [0.15, 0.2) is 53.4 Å². The average molecular weight is 399 g/mol. The van der Waals surface area contributed by atoms with Crippen molar-refractivity contribution in [3.8, 4) is 0 Å². The van der Waals surface area contributed by atoms with E-state index in [1.165, 1.54) is 0 Å². The molecule has 5 heteroatoms. The molecule has 0 saturated carbocycles. The number of benzene rings is 2. The molecule has 2 aromatic carbocycles. The predicted octanol–water partition coefficient (Wildman–Crippen LogP) is 5.49. The lowest BCUT2D eigenvalue weighted by molar-refractivity contribution is -0.123. The fraction of sp³-hybridized carbons (Fsp3) is 0.391. The first-order valence-electron chi connectivity index (χ1n) is 9.71. The summed E-state index contributed by atoms with van der Waals surface area (Å²) in [5.41, 5.74) is 2.13. The van der Waals surface area contributed by atoms with E-state index in [4.69, 9.17) is 0 Å². The molecule has 0 aliphatic carbocycles. The van der Waals surface area contributed by atoms with E-state index in [1.807, 2.05) is 69.3 Å². The van der Waals surface area contributed by atoms with Crippen molar-refractivity contribution in [2.75, 3.05) is 11.9 Å². The van der Waals surface area contributed by atoms with Crippen LogP contribution in [0.5, 0.6) is 0 Å². The van der Waals surface area contributed by atoms with Crippen LogP contribution >= 0.6 is 11.8 Å². The summed E-state index contributed by atoms with van der Waals surface area (Å²) in [6.45, 7) is 8.50. The van der Waals surface area contributed by atoms with Gasteiger partial charge in [-0.3, -0.25) is 9.59 Å². The average Bonchev–Trinajstić information content (AvgIpc) is 2.67. The van der Waals surface area contributed by atoms with Crippen molar-refractivity contribution in [1.82, 2.24) is 5.32 Å². The summed E-state index contributed by atoms with van der Waals surface area (Å²) in [7, 11) is 0. The third-order valence-corrected chi connectivity index (χ3v) is 5.36. The van der Waals surface area contributed by atoms with Crippen molar-refractivity contribution >= 4 is 29.3 Å². The van der Waals surface area contributed by atoms with Gasteiger partial charge in [0.15, 0.2) is 0 Å². The van der Waals surface area contributed by atoms with Crippen molar-refractivity contribution in [1.29, 1.82) is 0 Å². The number of hydrogen-bond donors (Lipinski definition) is 2. The van der Waals surface area contributed by atoms with E-state index in [2.05, 4.69) is 17.6 Å². The molecule has 0 bridgehead atoms. The summed E-state index contributed by atoms with van der Waals surface area (Å²) in [6.07, 6.45) is 2.04. The molecule has 4 nitrogen and oxygen atoms in total. The zero-order chi connectivity index (χ0) is 20.6. The molecule has 0 saturated heterocycles. The SMILES string of the molecule is CCCCNC(=O)c1cccc(CSc2ccccc2NC(=O)C(C)(C)C)c1. The lowest BCUT2D eigenvalue weighted by atomic mass is 9.95. The summed E-state index contributed by atoms with van der Waals surface area (Å²) >= 11 is 1.65. The molecule has 2 rings (SSSR count). The highest BCUT2D eigenvalue weighted by Crippen LogP contribution is 2.31. The maximum Gasteiger partial charge on any atom is 0.251 e. The Balaban J connectivity index is 2.04. The molecule has 0 unspecified atom stereocenters. The van der Waals surface area contributed by atoms with Crippen LogP contribution in [0.1, 0.15) is 56.5 Å². The molecule has 2 amide bonds. The fourth-order valence-electron chi connectivity index (χ4n) is 2.45. The third kappa shape index (κ3) is 6.71. The molecule has 0 aromatic heterocycles. The van der Waals surface area contributed by atoms with Crippen molar-refractivity contribution in [2.24, 2.45) is 5.41 Å². The Morgan fingerprint density at radius 2 is 1.79 bits per heavy atom. The molecule has 150 valence electrons. The Hall–Kier alpha value is -2.27. The first kappa shape index (κ1) is 22.0. The van der Waals surface area contributed by atoms with E-state index in [-0.39, 0.29) is 11.8 Å². The Bertz CT molecular complexity index is 812. The number of carbonyl (C=O) groups is 2. The minimum absolute atomic E-state index is 0.00806. The van der Waals surface area contributed by atoms with Gasteiger partial charge in [-0.25, -0.2) is 0 Å². The normalized spacial score (nSPS) is 11.1. The molecule has 0 aliphatic heterocycles. The molecule has 28 heavy (non-hydrogen) atoms. The second-order valence-electron chi connectivity index (χ2n) is 7.80. The van der Waals surface area contributed by atoms with E-state index >= 15 is 0 Å². The summed E-state index contributed by atoms with van der Waals surface area (Å²) in [6, 6.07) is 15.5. The third-order valence-electron chi connectivity index (χ3n) is 4.22. The van der Waals surface area contributed by atoms with Gasteiger partial charge in [0.25, 0.3) is 5.91 Å². The van der Waals surface area contributed by atoms with Crippen LogP contribution in [0.2, 0.25) is 0 Å². The quantitative estimate of drug-likeness (QED) is 0.456. The molecule has 2 aromatic rings. The molecule has 0 spiro atoms. The topological polar surface area (TPSA) is 58.2 Å². The Kier molecular flexibility index (Phi) is 8.12. The van der Waals surface area contributed by atoms with Gasteiger partial charge < -0.3 is 10.6 Å². The summed E-state index contributed by atoms with van der Waals surface area (Å²) < 4.78 is 0. The lowest BCUT2D eigenvalue weighted by Gasteiger charge is -2.19. The van der Waals surface area contributed by atoms with Crippen LogP contribution in [-0.4, -0.2) is 18.4 Å². The van der Waals surface area contributed by atoms with Gasteiger partial charge in [-0.05, 0) is 36.2 Å². The van der Waals surface area contributed by atoms with E-state index < -0.39 is 5.41 Å². The number of nitrogens with one attached hydrogen (secondary N) is 2. The maximum atomic E-state index is 12.3. The monoisotopic (exact) mass is 398 g/mol. The Morgan fingerprint density at radius 3 is 2.50 bits per heavy atom. The predicted molar refractivity (Wildman–Crippen MR) is 118 cm³/mol. The molecular weight excluding hydrogens is 368 g/mol. The van der Waals surface area contributed by atoms with Crippen LogP contribution in [-0.2, 0) is 10.5 Å². The summed E-state index contributed by atoms with van der Waals surface area (Å²) in [5.74, 6) is 0.683. The highest BCUT2D eigenvalue weighted by Gasteiger charge is 2.22. The first-order chi connectivity index (χ1) is 13.3. The number of anilines is 1. The highest BCUT2D eigenvalue weighted by atomic mass is 32.2. The number of amides is 2. The van der Waals surface area contributed by atoms with Gasteiger partial charge in [0.1, 0.15) is 0 Å². The largest absolute Gasteiger partial charge is 0.352 e. The molecule has 0 atom stereocenters. The van der Waals surface area contributed by atoms with E-state index in [1.54, 1.807) is 11.8 Å².